The van der Waals surface area contributed by atoms with E-state index in [1.165, 1.54) is 16.1 Å². The van der Waals surface area contributed by atoms with Gasteiger partial charge in [-0.15, -0.1) is 12.4 Å². The number of hydrogen-bond acceptors (Lipinski definition) is 5. The van der Waals surface area contributed by atoms with Crippen molar-refractivity contribution in [3.8, 4) is 0 Å². The van der Waals surface area contributed by atoms with Crippen molar-refractivity contribution in [2.45, 2.75) is 4.90 Å². The van der Waals surface area contributed by atoms with Gasteiger partial charge in [-0.25, -0.2) is 17.4 Å². The number of hydrogen-bond donors (Lipinski definition) is 1. The summed E-state index contributed by atoms with van der Waals surface area (Å²) in [7, 11) is -3.75. The number of pyridine rings is 1. The molecule has 26 heavy (non-hydrogen) atoms. The van der Waals surface area contributed by atoms with E-state index in [4.69, 9.17) is 11.6 Å². The molecule has 3 aromatic rings. The average molecular weight is 413 g/mol. The van der Waals surface area contributed by atoms with Crippen LogP contribution in [0.4, 0.5) is 5.69 Å². The minimum absolute atomic E-state index is 0. The number of anilines is 1. The molecule has 9 heteroatoms. The molecule has 4 rings (SSSR count). The van der Waals surface area contributed by atoms with Crippen LogP contribution >= 0.6 is 24.0 Å². The van der Waals surface area contributed by atoms with Crippen LogP contribution in [0, 0.1) is 0 Å². The molecule has 0 saturated carbocycles. The lowest BCUT2D eigenvalue weighted by molar-refractivity contribution is 0.588. The summed E-state index contributed by atoms with van der Waals surface area (Å²) in [5.74, 6) is 0. The SMILES string of the molecule is Cl.O=S(=O)(c1cccc(Cl)c1)n1ccc2c(N3CCNCC3)ccnc21. The summed E-state index contributed by atoms with van der Waals surface area (Å²) in [5, 5.41) is 4.53. The van der Waals surface area contributed by atoms with E-state index in [2.05, 4.69) is 15.2 Å². The zero-order valence-corrected chi connectivity index (χ0v) is 16.2. The summed E-state index contributed by atoms with van der Waals surface area (Å²) in [5.41, 5.74) is 1.43. The number of halogens is 2. The van der Waals surface area contributed by atoms with Crippen LogP contribution < -0.4 is 10.2 Å². The van der Waals surface area contributed by atoms with Gasteiger partial charge in [-0.1, -0.05) is 17.7 Å². The number of nitrogens with one attached hydrogen (secondary N) is 1. The molecule has 0 unspecified atom stereocenters. The predicted octanol–water partition coefficient (Wildman–Crippen LogP) is 2.76. The topological polar surface area (TPSA) is 67.2 Å². The third-order valence-corrected chi connectivity index (χ3v) is 6.24. The van der Waals surface area contributed by atoms with E-state index < -0.39 is 10.0 Å². The maximum absolute atomic E-state index is 13.0. The van der Waals surface area contributed by atoms with Gasteiger partial charge in [0.25, 0.3) is 10.0 Å². The molecule has 0 bridgehead atoms. The maximum Gasteiger partial charge on any atom is 0.269 e. The van der Waals surface area contributed by atoms with Gasteiger partial charge < -0.3 is 10.2 Å². The van der Waals surface area contributed by atoms with Crippen LogP contribution in [0.1, 0.15) is 0 Å². The van der Waals surface area contributed by atoms with Gasteiger partial charge in [-0.05, 0) is 30.3 Å². The van der Waals surface area contributed by atoms with Crippen LogP contribution in [0.3, 0.4) is 0 Å². The van der Waals surface area contributed by atoms with Gasteiger partial charge in [-0.3, -0.25) is 0 Å². The lowest BCUT2D eigenvalue weighted by Gasteiger charge is -2.29. The highest BCUT2D eigenvalue weighted by Gasteiger charge is 2.22. The molecule has 0 atom stereocenters. The van der Waals surface area contributed by atoms with Crippen molar-refractivity contribution in [3.05, 3.63) is 53.8 Å². The first-order valence-corrected chi connectivity index (χ1v) is 9.82. The van der Waals surface area contributed by atoms with Crippen LogP contribution in [-0.2, 0) is 10.0 Å². The Kier molecular flexibility index (Phi) is 5.43. The highest BCUT2D eigenvalue weighted by atomic mass is 35.5. The minimum atomic E-state index is -3.75. The second-order valence-electron chi connectivity index (χ2n) is 5.88. The number of benzene rings is 1. The number of rotatable bonds is 3. The Morgan fingerprint density at radius 2 is 1.88 bits per heavy atom. The van der Waals surface area contributed by atoms with E-state index in [0.29, 0.717) is 10.7 Å². The molecule has 1 aliphatic rings. The molecule has 1 aliphatic heterocycles. The van der Waals surface area contributed by atoms with Gasteiger partial charge in [0.1, 0.15) is 0 Å². The Labute approximate surface area is 163 Å². The highest BCUT2D eigenvalue weighted by molar-refractivity contribution is 7.90. The zero-order chi connectivity index (χ0) is 17.4. The Hall–Kier alpha value is -1.80. The molecule has 6 nitrogen and oxygen atoms in total. The molecule has 0 radical (unpaired) electrons. The molecule has 0 aliphatic carbocycles. The minimum Gasteiger partial charge on any atom is -0.368 e. The molecule has 3 heterocycles. The first-order chi connectivity index (χ1) is 12.1. The molecule has 138 valence electrons. The molecule has 1 saturated heterocycles. The van der Waals surface area contributed by atoms with E-state index >= 15 is 0 Å². The third-order valence-electron chi connectivity index (χ3n) is 4.34. The standard InChI is InChI=1S/C17H17ClN4O2S.ClH/c18-13-2-1-3-14(12-13)25(23,24)22-9-5-15-16(4-6-20-17(15)22)21-10-7-19-8-11-21;/h1-6,9,12,19H,7-8,10-11H2;1H. The number of aromatic nitrogens is 2. The molecule has 1 aromatic carbocycles. The van der Waals surface area contributed by atoms with Crippen molar-refractivity contribution < 1.29 is 8.42 Å². The van der Waals surface area contributed by atoms with Crippen molar-refractivity contribution in [1.82, 2.24) is 14.3 Å². The largest absolute Gasteiger partial charge is 0.368 e. The second-order valence-corrected chi connectivity index (χ2v) is 8.13. The smallest absolute Gasteiger partial charge is 0.269 e. The zero-order valence-electron chi connectivity index (χ0n) is 13.8. The molecule has 2 aromatic heterocycles. The fraction of sp³-hybridized carbons (Fsp3) is 0.235. The molecule has 0 spiro atoms. The van der Waals surface area contributed by atoms with Crippen LogP contribution in [0.15, 0.2) is 53.7 Å². The van der Waals surface area contributed by atoms with Gasteiger partial charge in [0.2, 0.25) is 0 Å². The fourth-order valence-corrected chi connectivity index (χ4v) is 4.72. The number of piperazine rings is 1. The van der Waals surface area contributed by atoms with Crippen LogP contribution in [-0.4, -0.2) is 43.6 Å². The predicted molar refractivity (Wildman–Crippen MR) is 106 cm³/mol. The number of nitrogens with zero attached hydrogens (tertiary/aromatic N) is 3. The monoisotopic (exact) mass is 412 g/mol. The number of fused-ring (bicyclic) bond motifs is 1. The van der Waals surface area contributed by atoms with Crippen molar-refractivity contribution in [2.24, 2.45) is 0 Å². The van der Waals surface area contributed by atoms with Crippen molar-refractivity contribution in [3.63, 3.8) is 0 Å². The van der Waals surface area contributed by atoms with Crippen LogP contribution in [0.25, 0.3) is 11.0 Å². The summed E-state index contributed by atoms with van der Waals surface area (Å²) in [6, 6.07) is 10.00. The van der Waals surface area contributed by atoms with E-state index in [1.54, 1.807) is 24.5 Å². The molecule has 1 N–H and O–H groups in total. The average Bonchev–Trinajstić information content (AvgIpc) is 3.07. The molecular formula is C17H18Cl2N4O2S. The van der Waals surface area contributed by atoms with Gasteiger partial charge in [0.05, 0.1) is 4.90 Å². The lowest BCUT2D eigenvalue weighted by Crippen LogP contribution is -2.43. The Morgan fingerprint density at radius 1 is 1.12 bits per heavy atom. The molecule has 0 amide bonds. The van der Waals surface area contributed by atoms with E-state index in [0.717, 1.165) is 37.3 Å². The first kappa shape index (κ1) is 19.0. The Morgan fingerprint density at radius 3 is 2.62 bits per heavy atom. The van der Waals surface area contributed by atoms with Crippen molar-refractivity contribution in [2.75, 3.05) is 31.1 Å². The van der Waals surface area contributed by atoms with Crippen LogP contribution in [0.2, 0.25) is 5.02 Å². The highest BCUT2D eigenvalue weighted by Crippen LogP contribution is 2.29. The van der Waals surface area contributed by atoms with E-state index in [1.807, 2.05) is 12.1 Å². The third kappa shape index (κ3) is 3.27. The summed E-state index contributed by atoms with van der Waals surface area (Å²) in [6.45, 7) is 3.58. The van der Waals surface area contributed by atoms with E-state index in [9.17, 15) is 8.42 Å². The summed E-state index contributed by atoms with van der Waals surface area (Å²) < 4.78 is 27.2. The maximum atomic E-state index is 13.0. The summed E-state index contributed by atoms with van der Waals surface area (Å²) in [6.07, 6.45) is 3.21. The second kappa shape index (κ2) is 7.44. The fourth-order valence-electron chi connectivity index (χ4n) is 3.12. The Balaban J connectivity index is 0.00000196. The molecular weight excluding hydrogens is 395 g/mol. The van der Waals surface area contributed by atoms with Crippen molar-refractivity contribution >= 4 is 50.8 Å². The normalized spacial score (nSPS) is 15.0. The lowest BCUT2D eigenvalue weighted by atomic mass is 10.2. The summed E-state index contributed by atoms with van der Waals surface area (Å²) in [4.78, 5) is 6.71. The van der Waals surface area contributed by atoms with Gasteiger partial charge in [0, 0.05) is 54.7 Å². The van der Waals surface area contributed by atoms with Gasteiger partial charge in [-0.2, -0.15) is 0 Å². The Bertz CT molecular complexity index is 1030. The first-order valence-electron chi connectivity index (χ1n) is 8.00. The van der Waals surface area contributed by atoms with Gasteiger partial charge >= 0.3 is 0 Å². The summed E-state index contributed by atoms with van der Waals surface area (Å²) >= 11 is 5.96. The molecule has 1 fully saturated rings. The van der Waals surface area contributed by atoms with Crippen LogP contribution in [0.5, 0.6) is 0 Å². The van der Waals surface area contributed by atoms with Crippen molar-refractivity contribution in [1.29, 1.82) is 0 Å². The quantitative estimate of drug-likeness (QED) is 0.716. The van der Waals surface area contributed by atoms with E-state index in [-0.39, 0.29) is 17.3 Å². The van der Waals surface area contributed by atoms with Gasteiger partial charge in [0.15, 0.2) is 5.65 Å².